The van der Waals surface area contributed by atoms with Gasteiger partial charge in [-0.1, -0.05) is 18.6 Å². The van der Waals surface area contributed by atoms with Gasteiger partial charge in [-0.05, 0) is 19.4 Å². The zero-order valence-electron chi connectivity index (χ0n) is 11.6. The molecule has 1 aliphatic heterocycles. The van der Waals surface area contributed by atoms with Crippen LogP contribution in [0.2, 0.25) is 0 Å². The van der Waals surface area contributed by atoms with Gasteiger partial charge in [-0.3, -0.25) is 9.69 Å². The molecule has 2 N–H and O–H groups in total. The van der Waals surface area contributed by atoms with E-state index in [4.69, 9.17) is 5.73 Å². The average Bonchev–Trinajstić information content (AvgIpc) is 2.39. The number of nitrogens with zero attached hydrogens (tertiary/aromatic N) is 2. The highest BCUT2D eigenvalue weighted by Crippen LogP contribution is 2.15. The fraction of sp³-hybridized carbons (Fsp3) is 0.643. The number of halogens is 1. The number of piperidine rings is 1. The first-order valence-corrected chi connectivity index (χ1v) is 6.66. The molecule has 0 radical (unpaired) electrons. The van der Waals surface area contributed by atoms with E-state index in [1.54, 1.807) is 17.1 Å². The van der Waals surface area contributed by atoms with Gasteiger partial charge >= 0.3 is 0 Å². The van der Waals surface area contributed by atoms with E-state index >= 15 is 0 Å². The molecule has 0 aliphatic carbocycles. The highest BCUT2D eigenvalue weighted by Gasteiger charge is 2.24. The molecule has 110 valence electrons. The summed E-state index contributed by atoms with van der Waals surface area (Å²) in [6.45, 7) is 10.6. The predicted octanol–water partition coefficient (Wildman–Crippen LogP) is 1.42. The smallest absolute Gasteiger partial charge is 0.237 e. The fourth-order valence-electron chi connectivity index (χ4n) is 2.40. The molecule has 5 heteroatoms. The molecule has 1 saturated heterocycles. The van der Waals surface area contributed by atoms with Crippen LogP contribution in [-0.2, 0) is 4.79 Å². The second-order valence-electron chi connectivity index (χ2n) is 4.73. The van der Waals surface area contributed by atoms with Gasteiger partial charge in [0.25, 0.3) is 0 Å². The fourth-order valence-corrected chi connectivity index (χ4v) is 2.40. The normalized spacial score (nSPS) is 19.3. The Hall–Kier alpha value is -0.840. The van der Waals surface area contributed by atoms with Gasteiger partial charge in [-0.15, -0.1) is 25.6 Å². The highest BCUT2D eigenvalue weighted by atomic mass is 35.5. The average molecular weight is 288 g/mol. The molecule has 1 atom stereocenters. The second-order valence-corrected chi connectivity index (χ2v) is 4.73. The second kappa shape index (κ2) is 10.0. The molecule has 0 aromatic carbocycles. The number of likely N-dealkylation sites (tertiary alicyclic amines) is 1. The lowest BCUT2D eigenvalue weighted by Crippen LogP contribution is -2.49. The topological polar surface area (TPSA) is 49.6 Å². The van der Waals surface area contributed by atoms with Crippen LogP contribution in [0.5, 0.6) is 0 Å². The summed E-state index contributed by atoms with van der Waals surface area (Å²) in [6, 6.07) is 0.358. The Kier molecular flexibility index (Phi) is 9.57. The first-order valence-electron chi connectivity index (χ1n) is 6.66. The predicted molar refractivity (Wildman–Crippen MR) is 82.5 cm³/mol. The van der Waals surface area contributed by atoms with E-state index in [0.717, 1.165) is 19.4 Å². The summed E-state index contributed by atoms with van der Waals surface area (Å²) in [4.78, 5) is 16.2. The molecule has 1 amide bonds. The lowest BCUT2D eigenvalue weighted by atomic mass is 10.0. The number of carbonyl (C=O) groups excluding carboxylic acids is 1. The molecule has 1 aliphatic rings. The number of carbonyl (C=O) groups is 1. The van der Waals surface area contributed by atoms with Crippen molar-refractivity contribution < 1.29 is 4.79 Å². The first kappa shape index (κ1) is 18.2. The van der Waals surface area contributed by atoms with Crippen molar-refractivity contribution in [2.24, 2.45) is 5.73 Å². The largest absolute Gasteiger partial charge is 0.334 e. The zero-order valence-corrected chi connectivity index (χ0v) is 12.4. The van der Waals surface area contributed by atoms with Crippen LogP contribution in [0.3, 0.4) is 0 Å². The maximum atomic E-state index is 12.2. The van der Waals surface area contributed by atoms with Crippen molar-refractivity contribution in [3.05, 3.63) is 25.3 Å². The Morgan fingerprint density at radius 1 is 1.32 bits per heavy atom. The van der Waals surface area contributed by atoms with Crippen LogP contribution in [0.4, 0.5) is 0 Å². The molecule has 1 fully saturated rings. The van der Waals surface area contributed by atoms with E-state index in [2.05, 4.69) is 18.1 Å². The van der Waals surface area contributed by atoms with Gasteiger partial charge in [0, 0.05) is 25.7 Å². The molecule has 0 bridgehead atoms. The standard InChI is InChI=1S/C14H25N3O.ClH/c1-3-8-16(9-4-2)14(18)12-17-10-6-5-7-13(17)11-15;/h3-4,13H,1-2,5-12,15H2;1H. The lowest BCUT2D eigenvalue weighted by molar-refractivity contribution is -0.132. The van der Waals surface area contributed by atoms with Gasteiger partial charge in [-0.25, -0.2) is 0 Å². The van der Waals surface area contributed by atoms with Gasteiger partial charge in [0.2, 0.25) is 5.91 Å². The van der Waals surface area contributed by atoms with E-state index in [-0.39, 0.29) is 18.3 Å². The Bertz CT molecular complexity index is 286. The van der Waals surface area contributed by atoms with Crippen molar-refractivity contribution >= 4 is 18.3 Å². The number of hydrogen-bond acceptors (Lipinski definition) is 3. The number of rotatable bonds is 7. The molecule has 1 unspecified atom stereocenters. The summed E-state index contributed by atoms with van der Waals surface area (Å²) in [5, 5.41) is 0. The number of nitrogens with two attached hydrogens (primary N) is 1. The van der Waals surface area contributed by atoms with Crippen LogP contribution in [0.15, 0.2) is 25.3 Å². The SMILES string of the molecule is C=CCN(CC=C)C(=O)CN1CCCCC1CN.Cl. The van der Waals surface area contributed by atoms with Gasteiger partial charge in [-0.2, -0.15) is 0 Å². The van der Waals surface area contributed by atoms with E-state index in [1.807, 2.05) is 0 Å². The summed E-state index contributed by atoms with van der Waals surface area (Å²) in [6.07, 6.45) is 6.98. The van der Waals surface area contributed by atoms with Gasteiger partial charge in [0.15, 0.2) is 0 Å². The maximum Gasteiger partial charge on any atom is 0.237 e. The maximum absolute atomic E-state index is 12.2. The van der Waals surface area contributed by atoms with Crippen molar-refractivity contribution in [3.63, 3.8) is 0 Å². The molecule has 1 rings (SSSR count). The zero-order chi connectivity index (χ0) is 13.4. The Morgan fingerprint density at radius 2 is 1.95 bits per heavy atom. The van der Waals surface area contributed by atoms with Crippen LogP contribution >= 0.6 is 12.4 Å². The third kappa shape index (κ3) is 5.76. The Morgan fingerprint density at radius 3 is 2.47 bits per heavy atom. The summed E-state index contributed by atoms with van der Waals surface area (Å²) in [5.41, 5.74) is 5.76. The molecule has 0 saturated carbocycles. The lowest BCUT2D eigenvalue weighted by Gasteiger charge is -2.35. The molecule has 0 spiro atoms. The summed E-state index contributed by atoms with van der Waals surface area (Å²) in [5.74, 6) is 0.134. The highest BCUT2D eigenvalue weighted by molar-refractivity contribution is 5.85. The quantitative estimate of drug-likeness (QED) is 0.721. The monoisotopic (exact) mass is 287 g/mol. The van der Waals surface area contributed by atoms with Crippen molar-refractivity contribution in [2.75, 3.05) is 32.7 Å². The van der Waals surface area contributed by atoms with E-state index in [1.165, 1.54) is 6.42 Å². The first-order chi connectivity index (χ1) is 8.72. The van der Waals surface area contributed by atoms with Gasteiger partial charge in [0.1, 0.15) is 0 Å². The van der Waals surface area contributed by atoms with Crippen LogP contribution in [0, 0.1) is 0 Å². The van der Waals surface area contributed by atoms with Crippen molar-refractivity contribution in [2.45, 2.75) is 25.3 Å². The van der Waals surface area contributed by atoms with E-state index in [9.17, 15) is 4.79 Å². The van der Waals surface area contributed by atoms with Crippen molar-refractivity contribution in [1.29, 1.82) is 0 Å². The third-order valence-electron chi connectivity index (χ3n) is 3.41. The van der Waals surface area contributed by atoms with Gasteiger partial charge < -0.3 is 10.6 Å². The number of amides is 1. The Labute approximate surface area is 122 Å². The van der Waals surface area contributed by atoms with Crippen LogP contribution in [0.1, 0.15) is 19.3 Å². The summed E-state index contributed by atoms with van der Waals surface area (Å²) < 4.78 is 0. The minimum Gasteiger partial charge on any atom is -0.334 e. The van der Waals surface area contributed by atoms with Crippen LogP contribution < -0.4 is 5.73 Å². The summed E-state index contributed by atoms with van der Waals surface area (Å²) >= 11 is 0. The molecule has 19 heavy (non-hydrogen) atoms. The molecular weight excluding hydrogens is 262 g/mol. The minimum atomic E-state index is 0. The molecule has 4 nitrogen and oxygen atoms in total. The molecular formula is C14H26ClN3O. The summed E-state index contributed by atoms with van der Waals surface area (Å²) in [7, 11) is 0. The van der Waals surface area contributed by atoms with Crippen LogP contribution in [0.25, 0.3) is 0 Å². The van der Waals surface area contributed by atoms with E-state index in [0.29, 0.717) is 32.2 Å². The van der Waals surface area contributed by atoms with E-state index < -0.39 is 0 Å². The molecule has 1 heterocycles. The van der Waals surface area contributed by atoms with Crippen molar-refractivity contribution in [3.8, 4) is 0 Å². The molecule has 0 aromatic rings. The van der Waals surface area contributed by atoms with Crippen molar-refractivity contribution in [1.82, 2.24) is 9.80 Å². The van der Waals surface area contributed by atoms with Crippen LogP contribution in [-0.4, -0.2) is 54.5 Å². The number of hydrogen-bond donors (Lipinski definition) is 1. The molecule has 0 aromatic heterocycles. The third-order valence-corrected chi connectivity index (χ3v) is 3.41. The minimum absolute atomic E-state index is 0. The Balaban J connectivity index is 0.00000324. The van der Waals surface area contributed by atoms with Gasteiger partial charge in [0.05, 0.1) is 6.54 Å².